The number of aliphatic carboxylic acids is 1. The van der Waals surface area contributed by atoms with Gasteiger partial charge in [0.05, 0.1) is 0 Å². The lowest BCUT2D eigenvalue weighted by atomic mass is 10.2. The molecule has 0 aliphatic rings. The van der Waals surface area contributed by atoms with Crippen molar-refractivity contribution < 1.29 is 14.3 Å². The van der Waals surface area contributed by atoms with E-state index in [4.69, 9.17) is 5.11 Å². The number of benzene rings is 1. The van der Waals surface area contributed by atoms with Gasteiger partial charge in [-0.3, -0.25) is 4.79 Å². The number of hydrogen-bond donors (Lipinski definition) is 1. The van der Waals surface area contributed by atoms with Gasteiger partial charge >= 0.3 is 5.97 Å². The molecule has 1 rings (SSSR count). The first-order valence-corrected chi connectivity index (χ1v) is 5.04. The molecule has 0 radical (unpaired) electrons. The van der Waals surface area contributed by atoms with Crippen molar-refractivity contribution in [1.29, 1.82) is 0 Å². The van der Waals surface area contributed by atoms with Crippen LogP contribution in [0.4, 0.5) is 4.39 Å². The Morgan fingerprint density at radius 1 is 1.57 bits per heavy atom. The highest BCUT2D eigenvalue weighted by Gasteiger charge is 2.13. The molecule has 1 unspecified atom stereocenters. The lowest BCUT2D eigenvalue weighted by molar-refractivity contribution is -0.136. The van der Waals surface area contributed by atoms with Crippen molar-refractivity contribution in [2.45, 2.75) is 24.0 Å². The minimum Gasteiger partial charge on any atom is -0.480 e. The fraction of sp³-hybridized carbons (Fsp3) is 0.300. The van der Waals surface area contributed by atoms with E-state index in [9.17, 15) is 9.18 Å². The molecule has 0 saturated carbocycles. The van der Waals surface area contributed by atoms with Gasteiger partial charge in [0, 0.05) is 4.90 Å². The summed E-state index contributed by atoms with van der Waals surface area (Å²) in [6.07, 6.45) is 0. The van der Waals surface area contributed by atoms with Crippen LogP contribution in [-0.2, 0) is 4.79 Å². The van der Waals surface area contributed by atoms with E-state index in [2.05, 4.69) is 0 Å². The minimum atomic E-state index is -0.862. The van der Waals surface area contributed by atoms with Crippen LogP contribution >= 0.6 is 11.8 Å². The summed E-state index contributed by atoms with van der Waals surface area (Å²) < 4.78 is 12.7. The number of hydrogen-bond acceptors (Lipinski definition) is 2. The summed E-state index contributed by atoms with van der Waals surface area (Å²) in [5.41, 5.74) is 0.767. The van der Waals surface area contributed by atoms with Crippen molar-refractivity contribution in [3.8, 4) is 0 Å². The molecule has 0 saturated heterocycles. The highest BCUT2D eigenvalue weighted by Crippen LogP contribution is 2.26. The van der Waals surface area contributed by atoms with Gasteiger partial charge in [-0.05, 0) is 37.6 Å². The molecule has 1 atom stereocenters. The Morgan fingerprint density at radius 3 is 2.71 bits per heavy atom. The van der Waals surface area contributed by atoms with Crippen LogP contribution in [-0.4, -0.2) is 16.3 Å². The second kappa shape index (κ2) is 4.46. The Balaban J connectivity index is 2.82. The SMILES string of the molecule is Cc1cc(F)ccc1SC(C)C(=O)O. The van der Waals surface area contributed by atoms with Gasteiger partial charge in [0.25, 0.3) is 0 Å². The molecule has 2 nitrogen and oxygen atoms in total. The quantitative estimate of drug-likeness (QED) is 0.786. The van der Waals surface area contributed by atoms with Gasteiger partial charge in [0.1, 0.15) is 11.1 Å². The van der Waals surface area contributed by atoms with E-state index >= 15 is 0 Å². The van der Waals surface area contributed by atoms with Crippen LogP contribution in [0.25, 0.3) is 0 Å². The molecule has 0 spiro atoms. The predicted octanol–water partition coefficient (Wildman–Crippen LogP) is 2.70. The van der Waals surface area contributed by atoms with Crippen LogP contribution in [0.5, 0.6) is 0 Å². The largest absolute Gasteiger partial charge is 0.480 e. The zero-order chi connectivity index (χ0) is 10.7. The Bertz CT molecular complexity index is 352. The molecule has 1 N–H and O–H groups in total. The molecule has 0 aliphatic heterocycles. The summed E-state index contributed by atoms with van der Waals surface area (Å²) in [4.78, 5) is 11.4. The van der Waals surface area contributed by atoms with Crippen LogP contribution in [0.2, 0.25) is 0 Å². The third-order valence-electron chi connectivity index (χ3n) is 1.79. The van der Waals surface area contributed by atoms with Gasteiger partial charge < -0.3 is 5.11 Å². The average molecular weight is 214 g/mol. The smallest absolute Gasteiger partial charge is 0.316 e. The van der Waals surface area contributed by atoms with Crippen LogP contribution in [0.3, 0.4) is 0 Å². The number of aryl methyl sites for hydroxylation is 1. The number of carboxylic acids is 1. The average Bonchev–Trinajstić information content (AvgIpc) is 2.09. The van der Waals surface area contributed by atoms with Crippen LogP contribution in [0, 0.1) is 12.7 Å². The standard InChI is InChI=1S/C10H11FO2S/c1-6-5-8(11)3-4-9(6)14-7(2)10(12)13/h3-5,7H,1-2H3,(H,12,13). The fourth-order valence-corrected chi connectivity index (χ4v) is 1.86. The molecule has 1 aromatic carbocycles. The molecule has 0 heterocycles. The van der Waals surface area contributed by atoms with E-state index in [1.54, 1.807) is 19.9 Å². The zero-order valence-corrected chi connectivity index (χ0v) is 8.77. The molecule has 0 aliphatic carbocycles. The van der Waals surface area contributed by atoms with Gasteiger partial charge in [-0.15, -0.1) is 11.8 Å². The fourth-order valence-electron chi connectivity index (χ4n) is 0.986. The number of rotatable bonds is 3. The van der Waals surface area contributed by atoms with E-state index < -0.39 is 11.2 Å². The van der Waals surface area contributed by atoms with Crippen LogP contribution < -0.4 is 0 Å². The number of halogens is 1. The Hall–Kier alpha value is -1.03. The Morgan fingerprint density at radius 2 is 2.21 bits per heavy atom. The highest BCUT2D eigenvalue weighted by atomic mass is 32.2. The summed E-state index contributed by atoms with van der Waals surface area (Å²) in [5.74, 6) is -1.16. The van der Waals surface area contributed by atoms with Crippen molar-refractivity contribution in [2.24, 2.45) is 0 Å². The van der Waals surface area contributed by atoms with Crippen molar-refractivity contribution >= 4 is 17.7 Å². The summed E-state index contributed by atoms with van der Waals surface area (Å²) >= 11 is 1.22. The monoisotopic (exact) mass is 214 g/mol. The maximum Gasteiger partial charge on any atom is 0.316 e. The van der Waals surface area contributed by atoms with Gasteiger partial charge in [0.2, 0.25) is 0 Å². The normalized spacial score (nSPS) is 12.5. The molecular formula is C10H11FO2S. The van der Waals surface area contributed by atoms with E-state index in [0.717, 1.165) is 10.5 Å². The van der Waals surface area contributed by atoms with E-state index in [1.165, 1.54) is 23.9 Å². The maximum absolute atomic E-state index is 12.7. The van der Waals surface area contributed by atoms with Crippen molar-refractivity contribution in [1.82, 2.24) is 0 Å². The second-order valence-electron chi connectivity index (χ2n) is 3.01. The predicted molar refractivity (Wildman–Crippen MR) is 54.1 cm³/mol. The third-order valence-corrected chi connectivity index (χ3v) is 3.06. The highest BCUT2D eigenvalue weighted by molar-refractivity contribution is 8.00. The number of thioether (sulfide) groups is 1. The lowest BCUT2D eigenvalue weighted by Gasteiger charge is -2.08. The zero-order valence-electron chi connectivity index (χ0n) is 7.95. The molecule has 1 aromatic rings. The first-order chi connectivity index (χ1) is 6.50. The molecule has 0 fully saturated rings. The molecule has 0 amide bonds. The second-order valence-corrected chi connectivity index (χ2v) is 4.39. The van der Waals surface area contributed by atoms with E-state index in [1.807, 2.05) is 0 Å². The van der Waals surface area contributed by atoms with Crippen molar-refractivity contribution in [3.63, 3.8) is 0 Å². The lowest BCUT2D eigenvalue weighted by Crippen LogP contribution is -2.11. The van der Waals surface area contributed by atoms with Gasteiger partial charge in [-0.1, -0.05) is 0 Å². The van der Waals surface area contributed by atoms with Crippen molar-refractivity contribution in [2.75, 3.05) is 0 Å². The molecule has 76 valence electrons. The van der Waals surface area contributed by atoms with Crippen LogP contribution in [0.15, 0.2) is 23.1 Å². The minimum absolute atomic E-state index is 0.296. The number of carbonyl (C=O) groups is 1. The van der Waals surface area contributed by atoms with Crippen LogP contribution in [0.1, 0.15) is 12.5 Å². The van der Waals surface area contributed by atoms with Crippen molar-refractivity contribution in [3.05, 3.63) is 29.6 Å². The first kappa shape index (κ1) is 11.0. The summed E-state index contributed by atoms with van der Waals surface area (Å²) in [6.45, 7) is 3.37. The Kier molecular flexibility index (Phi) is 3.52. The summed E-state index contributed by atoms with van der Waals surface area (Å²) in [7, 11) is 0. The Labute approximate surface area is 86.1 Å². The van der Waals surface area contributed by atoms with Gasteiger partial charge in [-0.2, -0.15) is 0 Å². The molecular weight excluding hydrogens is 203 g/mol. The summed E-state index contributed by atoms with van der Waals surface area (Å²) in [6, 6.07) is 4.34. The van der Waals surface area contributed by atoms with Gasteiger partial charge in [-0.25, -0.2) is 4.39 Å². The molecule has 0 bridgehead atoms. The van der Waals surface area contributed by atoms with E-state index in [0.29, 0.717) is 0 Å². The third kappa shape index (κ3) is 2.73. The molecule has 4 heteroatoms. The number of carboxylic acid groups (broad SMARTS) is 1. The van der Waals surface area contributed by atoms with Gasteiger partial charge in [0.15, 0.2) is 0 Å². The molecule has 14 heavy (non-hydrogen) atoms. The molecule has 0 aromatic heterocycles. The maximum atomic E-state index is 12.7. The first-order valence-electron chi connectivity index (χ1n) is 4.16. The van der Waals surface area contributed by atoms with E-state index in [-0.39, 0.29) is 5.82 Å². The topological polar surface area (TPSA) is 37.3 Å². The summed E-state index contributed by atoms with van der Waals surface area (Å²) in [5, 5.41) is 8.18.